The Morgan fingerprint density at radius 1 is 1.45 bits per heavy atom. The van der Waals surface area contributed by atoms with E-state index in [1.54, 1.807) is 0 Å². The molecule has 114 valence electrons. The van der Waals surface area contributed by atoms with Gasteiger partial charge in [0.25, 0.3) is 0 Å². The molecule has 0 aliphatic heterocycles. The molecule has 2 N–H and O–H groups in total. The standard InChI is InChI=1S/C10H18N4O4S2/c1-7(2)6-8-11-12-10(19-8)13-20(17,18)14(3)5-4-9(15)16/h7H,4-6H2,1-3H3,(H,12,13)(H,15,16). The normalized spacial score (nSPS) is 12.1. The lowest BCUT2D eigenvalue weighted by molar-refractivity contribution is -0.137. The first-order valence-electron chi connectivity index (χ1n) is 5.99. The molecule has 8 nitrogen and oxygen atoms in total. The number of hydrogen-bond donors (Lipinski definition) is 2. The van der Waals surface area contributed by atoms with Crippen molar-refractivity contribution in [3.05, 3.63) is 5.01 Å². The molecule has 1 heterocycles. The van der Waals surface area contributed by atoms with Crippen LogP contribution in [0.15, 0.2) is 0 Å². The molecule has 0 radical (unpaired) electrons. The number of aromatic nitrogens is 2. The second-order valence-corrected chi connectivity index (χ2v) is 7.51. The highest BCUT2D eigenvalue weighted by Crippen LogP contribution is 2.19. The predicted octanol–water partition coefficient (Wildman–Crippen LogP) is 0.800. The van der Waals surface area contributed by atoms with Gasteiger partial charge in [-0.15, -0.1) is 10.2 Å². The Morgan fingerprint density at radius 2 is 2.10 bits per heavy atom. The zero-order valence-corrected chi connectivity index (χ0v) is 13.2. The van der Waals surface area contributed by atoms with Crippen molar-refractivity contribution >= 4 is 32.6 Å². The Hall–Kier alpha value is -1.26. The van der Waals surface area contributed by atoms with Crippen LogP contribution in [0.4, 0.5) is 5.13 Å². The number of anilines is 1. The van der Waals surface area contributed by atoms with Gasteiger partial charge in [-0.05, 0) is 5.92 Å². The van der Waals surface area contributed by atoms with Gasteiger partial charge in [-0.1, -0.05) is 25.2 Å². The first-order valence-corrected chi connectivity index (χ1v) is 8.24. The number of nitrogens with zero attached hydrogens (tertiary/aromatic N) is 3. The number of nitrogens with one attached hydrogen (secondary N) is 1. The van der Waals surface area contributed by atoms with Gasteiger partial charge in [0.05, 0.1) is 6.42 Å². The highest BCUT2D eigenvalue weighted by molar-refractivity contribution is 7.90. The number of aliphatic carboxylic acids is 1. The molecule has 0 aliphatic carbocycles. The van der Waals surface area contributed by atoms with Crippen molar-refractivity contribution in [2.45, 2.75) is 26.7 Å². The smallest absolute Gasteiger partial charge is 0.304 e. The molecular formula is C10H18N4O4S2. The van der Waals surface area contributed by atoms with Crippen LogP contribution in [-0.2, 0) is 21.4 Å². The number of carboxylic acids is 1. The Balaban J connectivity index is 2.65. The predicted molar refractivity (Wildman–Crippen MR) is 75.9 cm³/mol. The molecule has 0 fully saturated rings. The van der Waals surface area contributed by atoms with E-state index in [9.17, 15) is 13.2 Å². The fraction of sp³-hybridized carbons (Fsp3) is 0.700. The minimum atomic E-state index is -3.80. The summed E-state index contributed by atoms with van der Waals surface area (Å²) in [5, 5.41) is 17.2. The average Bonchev–Trinajstić information content (AvgIpc) is 2.71. The van der Waals surface area contributed by atoms with E-state index < -0.39 is 16.2 Å². The Bertz CT molecular complexity index is 555. The van der Waals surface area contributed by atoms with Crippen LogP contribution in [0.2, 0.25) is 0 Å². The number of carbonyl (C=O) groups is 1. The van der Waals surface area contributed by atoms with E-state index in [2.05, 4.69) is 14.9 Å². The van der Waals surface area contributed by atoms with Crippen LogP contribution in [0.5, 0.6) is 0 Å². The van der Waals surface area contributed by atoms with Gasteiger partial charge in [0.1, 0.15) is 5.01 Å². The quantitative estimate of drug-likeness (QED) is 0.732. The van der Waals surface area contributed by atoms with Gasteiger partial charge in [-0.3, -0.25) is 4.79 Å². The lowest BCUT2D eigenvalue weighted by atomic mass is 10.1. The molecule has 1 rings (SSSR count). The number of rotatable bonds is 8. The van der Waals surface area contributed by atoms with Gasteiger partial charge in [0.15, 0.2) is 0 Å². The van der Waals surface area contributed by atoms with Crippen LogP contribution >= 0.6 is 11.3 Å². The van der Waals surface area contributed by atoms with Crippen molar-refractivity contribution in [3.63, 3.8) is 0 Å². The van der Waals surface area contributed by atoms with Crippen LogP contribution in [0.1, 0.15) is 25.3 Å². The van der Waals surface area contributed by atoms with Gasteiger partial charge >= 0.3 is 16.2 Å². The lowest BCUT2D eigenvalue weighted by Gasteiger charge is -2.15. The molecule has 0 atom stereocenters. The first kappa shape index (κ1) is 16.8. The van der Waals surface area contributed by atoms with Crippen LogP contribution in [0.25, 0.3) is 0 Å². The Kier molecular flexibility index (Phi) is 5.84. The minimum Gasteiger partial charge on any atom is -0.481 e. The summed E-state index contributed by atoms with van der Waals surface area (Å²) in [7, 11) is -2.49. The molecule has 0 amide bonds. The van der Waals surface area contributed by atoms with Crippen molar-refractivity contribution in [3.8, 4) is 0 Å². The van der Waals surface area contributed by atoms with Crippen LogP contribution in [0, 0.1) is 5.92 Å². The summed E-state index contributed by atoms with van der Waals surface area (Å²) in [6.07, 6.45) is 0.473. The lowest BCUT2D eigenvalue weighted by Crippen LogP contribution is -2.34. The molecule has 0 spiro atoms. The van der Waals surface area contributed by atoms with E-state index >= 15 is 0 Å². The molecule has 1 aromatic heterocycles. The van der Waals surface area contributed by atoms with Crippen molar-refractivity contribution < 1.29 is 18.3 Å². The van der Waals surface area contributed by atoms with Crippen molar-refractivity contribution in [2.75, 3.05) is 18.3 Å². The third kappa shape index (κ3) is 5.39. The molecule has 0 bridgehead atoms. The SMILES string of the molecule is CC(C)Cc1nnc(NS(=O)(=O)N(C)CCC(=O)O)s1. The second kappa shape index (κ2) is 6.95. The van der Waals surface area contributed by atoms with E-state index in [4.69, 9.17) is 5.11 Å². The number of hydrogen-bond acceptors (Lipinski definition) is 6. The van der Waals surface area contributed by atoms with E-state index in [0.29, 0.717) is 5.92 Å². The maximum absolute atomic E-state index is 11.9. The molecule has 0 unspecified atom stereocenters. The van der Waals surface area contributed by atoms with Crippen LogP contribution in [-0.4, -0.2) is 47.6 Å². The number of carboxylic acid groups (broad SMARTS) is 1. The third-order valence-corrected chi connectivity index (χ3v) is 4.76. The van der Waals surface area contributed by atoms with E-state index in [1.807, 2.05) is 13.8 Å². The maximum atomic E-state index is 11.9. The van der Waals surface area contributed by atoms with E-state index in [-0.39, 0.29) is 18.1 Å². The highest BCUT2D eigenvalue weighted by Gasteiger charge is 2.20. The molecule has 0 aliphatic rings. The van der Waals surface area contributed by atoms with Gasteiger partial charge < -0.3 is 5.11 Å². The van der Waals surface area contributed by atoms with Crippen LogP contribution < -0.4 is 4.72 Å². The maximum Gasteiger partial charge on any atom is 0.304 e. The fourth-order valence-electron chi connectivity index (χ4n) is 1.29. The molecule has 1 aromatic rings. The summed E-state index contributed by atoms with van der Waals surface area (Å²) in [5.41, 5.74) is 0. The molecule has 0 aromatic carbocycles. The Morgan fingerprint density at radius 3 is 2.65 bits per heavy atom. The topological polar surface area (TPSA) is 112 Å². The second-order valence-electron chi connectivity index (χ2n) is 4.67. The largest absolute Gasteiger partial charge is 0.481 e. The van der Waals surface area contributed by atoms with Crippen molar-refractivity contribution in [2.24, 2.45) is 5.92 Å². The first-order chi connectivity index (χ1) is 9.20. The summed E-state index contributed by atoms with van der Waals surface area (Å²) in [4.78, 5) is 10.4. The monoisotopic (exact) mass is 322 g/mol. The van der Waals surface area contributed by atoms with E-state index in [0.717, 1.165) is 15.7 Å². The van der Waals surface area contributed by atoms with Crippen LogP contribution in [0.3, 0.4) is 0 Å². The summed E-state index contributed by atoms with van der Waals surface area (Å²) in [6, 6.07) is 0. The van der Waals surface area contributed by atoms with Gasteiger partial charge in [0.2, 0.25) is 5.13 Å². The third-order valence-electron chi connectivity index (χ3n) is 2.32. The zero-order valence-electron chi connectivity index (χ0n) is 11.5. The highest BCUT2D eigenvalue weighted by atomic mass is 32.2. The summed E-state index contributed by atoms with van der Waals surface area (Å²) in [6.45, 7) is 3.96. The zero-order chi connectivity index (χ0) is 15.3. The van der Waals surface area contributed by atoms with Crippen molar-refractivity contribution in [1.82, 2.24) is 14.5 Å². The van der Waals surface area contributed by atoms with Crippen molar-refractivity contribution in [1.29, 1.82) is 0 Å². The Labute approximate surface area is 122 Å². The van der Waals surface area contributed by atoms with Gasteiger partial charge in [-0.25, -0.2) is 4.72 Å². The molecular weight excluding hydrogens is 304 g/mol. The minimum absolute atomic E-state index is 0.109. The fourth-order valence-corrected chi connectivity index (χ4v) is 3.32. The summed E-state index contributed by atoms with van der Waals surface area (Å²) in [5.74, 6) is -0.646. The van der Waals surface area contributed by atoms with Gasteiger partial charge in [-0.2, -0.15) is 12.7 Å². The summed E-state index contributed by atoms with van der Waals surface area (Å²) < 4.78 is 27.0. The summed E-state index contributed by atoms with van der Waals surface area (Å²) >= 11 is 1.17. The van der Waals surface area contributed by atoms with E-state index in [1.165, 1.54) is 18.4 Å². The molecule has 10 heteroatoms. The molecule has 20 heavy (non-hydrogen) atoms. The molecule has 0 saturated carbocycles. The van der Waals surface area contributed by atoms with Gasteiger partial charge in [0, 0.05) is 20.0 Å². The average molecular weight is 322 g/mol. The molecule has 0 saturated heterocycles.